The summed E-state index contributed by atoms with van der Waals surface area (Å²) >= 11 is 1.39. The van der Waals surface area contributed by atoms with E-state index in [1.807, 2.05) is 0 Å². The third-order valence-electron chi connectivity index (χ3n) is 3.77. The highest BCUT2D eigenvalue weighted by molar-refractivity contribution is 8.00. The van der Waals surface area contributed by atoms with Crippen LogP contribution in [0.15, 0.2) is 0 Å². The van der Waals surface area contributed by atoms with Gasteiger partial charge in [0.15, 0.2) is 0 Å². The van der Waals surface area contributed by atoms with E-state index < -0.39 is 0 Å². The standard InChI is InChI=1S/C12H19NO3S/c14-6-10-4-2-1-3-9(10)5-13-11(15)7-17-8-12(13)16/h9-10,14H,1-8H2. The fourth-order valence-electron chi connectivity index (χ4n) is 2.72. The molecule has 2 unspecified atom stereocenters. The highest BCUT2D eigenvalue weighted by Crippen LogP contribution is 2.31. The Hall–Kier alpha value is -0.550. The van der Waals surface area contributed by atoms with E-state index in [0.717, 1.165) is 25.7 Å². The lowest BCUT2D eigenvalue weighted by Crippen LogP contribution is -2.47. The molecular formula is C12H19NO3S. The number of carbonyl (C=O) groups is 2. The van der Waals surface area contributed by atoms with Gasteiger partial charge < -0.3 is 5.11 Å². The minimum atomic E-state index is -0.0616. The van der Waals surface area contributed by atoms with Gasteiger partial charge >= 0.3 is 0 Å². The van der Waals surface area contributed by atoms with Gasteiger partial charge in [-0.2, -0.15) is 0 Å². The number of carbonyl (C=O) groups excluding carboxylic acids is 2. The number of nitrogens with zero attached hydrogens (tertiary/aromatic N) is 1. The predicted molar refractivity (Wildman–Crippen MR) is 66.6 cm³/mol. The fourth-order valence-corrected chi connectivity index (χ4v) is 3.49. The number of thioether (sulfide) groups is 1. The van der Waals surface area contributed by atoms with Crippen molar-refractivity contribution in [2.75, 3.05) is 24.7 Å². The van der Waals surface area contributed by atoms with Gasteiger partial charge in [0, 0.05) is 13.2 Å². The molecule has 2 atom stereocenters. The van der Waals surface area contributed by atoms with Gasteiger partial charge in [-0.05, 0) is 24.7 Å². The van der Waals surface area contributed by atoms with E-state index >= 15 is 0 Å². The average Bonchev–Trinajstić information content (AvgIpc) is 2.34. The Morgan fingerprint density at radius 1 is 1.12 bits per heavy atom. The summed E-state index contributed by atoms with van der Waals surface area (Å²) in [6.45, 7) is 0.694. The molecule has 0 radical (unpaired) electrons. The lowest BCUT2D eigenvalue weighted by molar-refractivity contribution is -0.143. The maximum absolute atomic E-state index is 11.7. The maximum Gasteiger partial charge on any atom is 0.239 e. The van der Waals surface area contributed by atoms with Crippen LogP contribution in [-0.4, -0.2) is 46.5 Å². The molecule has 1 N–H and O–H groups in total. The first kappa shape index (κ1) is 12.9. The molecule has 96 valence electrons. The molecule has 4 nitrogen and oxygen atoms in total. The zero-order valence-corrected chi connectivity index (χ0v) is 10.7. The molecule has 5 heteroatoms. The number of hydrogen-bond donors (Lipinski definition) is 1. The van der Waals surface area contributed by atoms with Gasteiger partial charge in [0.25, 0.3) is 0 Å². The van der Waals surface area contributed by atoms with Gasteiger partial charge in [0.1, 0.15) is 0 Å². The Kier molecular flexibility index (Phi) is 4.45. The number of imide groups is 1. The first-order valence-corrected chi connectivity index (χ1v) is 7.39. The largest absolute Gasteiger partial charge is 0.396 e. The van der Waals surface area contributed by atoms with Crippen LogP contribution in [-0.2, 0) is 9.59 Å². The summed E-state index contributed by atoms with van der Waals surface area (Å²) in [5, 5.41) is 9.33. The molecular weight excluding hydrogens is 238 g/mol. The van der Waals surface area contributed by atoms with E-state index in [0.29, 0.717) is 24.0 Å². The number of rotatable bonds is 3. The zero-order chi connectivity index (χ0) is 12.3. The molecule has 0 aromatic rings. The molecule has 1 aliphatic carbocycles. The first-order chi connectivity index (χ1) is 8.22. The van der Waals surface area contributed by atoms with Gasteiger partial charge in [-0.15, -0.1) is 11.8 Å². The van der Waals surface area contributed by atoms with E-state index in [1.165, 1.54) is 16.7 Å². The normalized spacial score (nSPS) is 30.8. The second-order valence-corrected chi connectivity index (χ2v) is 5.86. The Bertz CT molecular complexity index is 292. The third-order valence-corrected chi connectivity index (χ3v) is 4.67. The third kappa shape index (κ3) is 3.01. The van der Waals surface area contributed by atoms with E-state index in [4.69, 9.17) is 0 Å². The van der Waals surface area contributed by atoms with Crippen molar-refractivity contribution >= 4 is 23.6 Å². The van der Waals surface area contributed by atoms with Gasteiger partial charge in [0.2, 0.25) is 11.8 Å². The minimum Gasteiger partial charge on any atom is -0.396 e. The molecule has 1 saturated carbocycles. The fraction of sp³-hybridized carbons (Fsp3) is 0.833. The van der Waals surface area contributed by atoms with E-state index in [1.54, 1.807) is 0 Å². The van der Waals surface area contributed by atoms with Crippen LogP contribution >= 0.6 is 11.8 Å². The molecule has 0 aromatic heterocycles. The van der Waals surface area contributed by atoms with Crippen molar-refractivity contribution in [2.24, 2.45) is 11.8 Å². The summed E-state index contributed by atoms with van der Waals surface area (Å²) < 4.78 is 0. The van der Waals surface area contributed by atoms with Crippen molar-refractivity contribution in [2.45, 2.75) is 25.7 Å². The average molecular weight is 257 g/mol. The van der Waals surface area contributed by atoms with Crippen molar-refractivity contribution in [3.8, 4) is 0 Å². The SMILES string of the molecule is O=C1CSCC(=O)N1CC1CCCCC1CO. The Morgan fingerprint density at radius 2 is 1.71 bits per heavy atom. The molecule has 0 aromatic carbocycles. The maximum atomic E-state index is 11.7. The summed E-state index contributed by atoms with van der Waals surface area (Å²) in [7, 11) is 0. The summed E-state index contributed by atoms with van der Waals surface area (Å²) in [4.78, 5) is 24.8. The van der Waals surface area contributed by atoms with Crippen LogP contribution in [0.3, 0.4) is 0 Å². The van der Waals surface area contributed by atoms with Gasteiger partial charge in [0.05, 0.1) is 11.5 Å². The molecule has 2 amide bonds. The minimum absolute atomic E-state index is 0.0616. The number of amides is 2. The lowest BCUT2D eigenvalue weighted by atomic mass is 9.79. The van der Waals surface area contributed by atoms with Crippen LogP contribution in [0.25, 0.3) is 0 Å². The highest BCUT2D eigenvalue weighted by atomic mass is 32.2. The Morgan fingerprint density at radius 3 is 2.29 bits per heavy atom. The molecule has 0 spiro atoms. The summed E-state index contributed by atoms with van der Waals surface area (Å²) in [6.07, 6.45) is 4.34. The second-order valence-electron chi connectivity index (χ2n) is 4.88. The van der Waals surface area contributed by atoms with Gasteiger partial charge in [-0.25, -0.2) is 0 Å². The summed E-state index contributed by atoms with van der Waals surface area (Å²) in [5.41, 5.74) is 0. The second kappa shape index (κ2) is 5.87. The van der Waals surface area contributed by atoms with Crippen LogP contribution in [0.5, 0.6) is 0 Å². The highest BCUT2D eigenvalue weighted by Gasteiger charge is 2.32. The van der Waals surface area contributed by atoms with Crippen LogP contribution < -0.4 is 0 Å². The van der Waals surface area contributed by atoms with Gasteiger partial charge in [-0.1, -0.05) is 12.8 Å². The molecule has 2 rings (SSSR count). The molecule has 1 aliphatic heterocycles. The monoisotopic (exact) mass is 257 g/mol. The lowest BCUT2D eigenvalue weighted by Gasteiger charge is -2.35. The van der Waals surface area contributed by atoms with E-state index in [2.05, 4.69) is 0 Å². The number of aliphatic hydroxyl groups is 1. The summed E-state index contributed by atoms with van der Waals surface area (Å²) in [6, 6.07) is 0. The Balaban J connectivity index is 1.97. The summed E-state index contributed by atoms with van der Waals surface area (Å²) in [5.74, 6) is 1.27. The molecule has 2 fully saturated rings. The molecule has 1 saturated heterocycles. The molecule has 1 heterocycles. The molecule has 2 aliphatic rings. The van der Waals surface area contributed by atoms with E-state index in [9.17, 15) is 14.7 Å². The van der Waals surface area contributed by atoms with Crippen molar-refractivity contribution in [3.63, 3.8) is 0 Å². The van der Waals surface area contributed by atoms with E-state index in [-0.39, 0.29) is 24.3 Å². The molecule has 17 heavy (non-hydrogen) atoms. The zero-order valence-electron chi connectivity index (χ0n) is 9.93. The topological polar surface area (TPSA) is 57.6 Å². The van der Waals surface area contributed by atoms with Gasteiger partial charge in [-0.3, -0.25) is 14.5 Å². The first-order valence-electron chi connectivity index (χ1n) is 6.24. The molecule has 0 bridgehead atoms. The van der Waals surface area contributed by atoms with Crippen molar-refractivity contribution in [1.82, 2.24) is 4.90 Å². The van der Waals surface area contributed by atoms with Crippen LogP contribution in [0.4, 0.5) is 0 Å². The number of aliphatic hydroxyl groups excluding tert-OH is 1. The predicted octanol–water partition coefficient (Wildman–Crippen LogP) is 0.887. The quantitative estimate of drug-likeness (QED) is 0.763. The van der Waals surface area contributed by atoms with Crippen molar-refractivity contribution in [3.05, 3.63) is 0 Å². The van der Waals surface area contributed by atoms with Crippen molar-refractivity contribution < 1.29 is 14.7 Å². The van der Waals surface area contributed by atoms with Crippen LogP contribution in [0.1, 0.15) is 25.7 Å². The van der Waals surface area contributed by atoms with Crippen LogP contribution in [0.2, 0.25) is 0 Å². The number of hydrogen-bond acceptors (Lipinski definition) is 4. The Labute approximate surface area is 106 Å². The van der Waals surface area contributed by atoms with Crippen LogP contribution in [0, 0.1) is 11.8 Å². The van der Waals surface area contributed by atoms with Crippen molar-refractivity contribution in [1.29, 1.82) is 0 Å². The smallest absolute Gasteiger partial charge is 0.239 e.